The van der Waals surface area contributed by atoms with E-state index in [2.05, 4.69) is 10.2 Å². The van der Waals surface area contributed by atoms with Crippen molar-refractivity contribution in [3.63, 3.8) is 0 Å². The van der Waals surface area contributed by atoms with Crippen molar-refractivity contribution in [2.24, 2.45) is 0 Å². The monoisotopic (exact) mass is 293 g/mol. The lowest BCUT2D eigenvalue weighted by atomic mass is 10.3. The number of benzene rings is 2. The predicted octanol–water partition coefficient (Wildman–Crippen LogP) is 3.74. The number of hydrogen-bond donors (Lipinski definition) is 0. The first-order valence-corrected chi connectivity index (χ1v) is 6.29. The van der Waals surface area contributed by atoms with E-state index in [1.807, 2.05) is 18.2 Å². The van der Waals surface area contributed by atoms with Crippen molar-refractivity contribution in [1.82, 2.24) is 15.0 Å². The van der Waals surface area contributed by atoms with Crippen molar-refractivity contribution < 1.29 is 4.74 Å². The van der Waals surface area contributed by atoms with E-state index in [0.29, 0.717) is 15.7 Å². The van der Waals surface area contributed by atoms with Gasteiger partial charge in [-0.15, -0.1) is 10.2 Å². The molecule has 0 saturated carbocycles. The van der Waals surface area contributed by atoms with Gasteiger partial charge in [-0.1, -0.05) is 23.2 Å². The number of halogens is 2. The van der Waals surface area contributed by atoms with Crippen LogP contribution in [0.15, 0.2) is 36.4 Å². The van der Waals surface area contributed by atoms with Gasteiger partial charge < -0.3 is 4.74 Å². The summed E-state index contributed by atoms with van der Waals surface area (Å²) in [4.78, 5) is 1.50. The summed E-state index contributed by atoms with van der Waals surface area (Å²) < 4.78 is 5.16. The minimum absolute atomic E-state index is 0.543. The highest BCUT2D eigenvalue weighted by Gasteiger charge is 2.07. The summed E-state index contributed by atoms with van der Waals surface area (Å²) in [6, 6.07) is 10.7. The average molecular weight is 294 g/mol. The molecule has 1 aromatic heterocycles. The number of hydrogen-bond acceptors (Lipinski definition) is 3. The number of methoxy groups -OCH3 is 1. The van der Waals surface area contributed by atoms with E-state index >= 15 is 0 Å². The van der Waals surface area contributed by atoms with Crippen molar-refractivity contribution in [3.05, 3.63) is 46.4 Å². The second-order valence-corrected chi connectivity index (χ2v) is 4.84. The van der Waals surface area contributed by atoms with Gasteiger partial charge in [-0.25, -0.2) is 0 Å². The summed E-state index contributed by atoms with van der Waals surface area (Å²) in [5.74, 6) is 0.740. The molecule has 0 aliphatic heterocycles. The Bertz CT molecular complexity index is 734. The summed E-state index contributed by atoms with van der Waals surface area (Å²) in [5, 5.41) is 9.84. The molecule has 3 aromatic rings. The van der Waals surface area contributed by atoms with Crippen LogP contribution >= 0.6 is 23.2 Å². The van der Waals surface area contributed by atoms with Crippen molar-refractivity contribution in [3.8, 4) is 11.4 Å². The van der Waals surface area contributed by atoms with Crippen LogP contribution in [0.5, 0.6) is 5.75 Å². The van der Waals surface area contributed by atoms with E-state index in [1.165, 1.54) is 4.80 Å². The van der Waals surface area contributed by atoms with Crippen LogP contribution in [0, 0.1) is 0 Å². The fourth-order valence-electron chi connectivity index (χ4n) is 1.79. The van der Waals surface area contributed by atoms with Crippen molar-refractivity contribution >= 4 is 34.2 Å². The first-order valence-electron chi connectivity index (χ1n) is 5.53. The third kappa shape index (κ3) is 2.37. The molecule has 0 aliphatic carbocycles. The average Bonchev–Trinajstić information content (AvgIpc) is 2.80. The summed E-state index contributed by atoms with van der Waals surface area (Å²) in [7, 11) is 1.61. The minimum atomic E-state index is 0.543. The van der Waals surface area contributed by atoms with Gasteiger partial charge >= 0.3 is 0 Å². The predicted molar refractivity (Wildman–Crippen MR) is 75.4 cm³/mol. The Hall–Kier alpha value is -1.78. The largest absolute Gasteiger partial charge is 0.497 e. The molecule has 6 heteroatoms. The van der Waals surface area contributed by atoms with E-state index in [0.717, 1.165) is 16.8 Å². The molecule has 0 fully saturated rings. The normalized spacial score (nSPS) is 10.9. The van der Waals surface area contributed by atoms with Gasteiger partial charge in [-0.05, 0) is 30.3 Å². The summed E-state index contributed by atoms with van der Waals surface area (Å²) in [6.45, 7) is 0. The summed E-state index contributed by atoms with van der Waals surface area (Å²) >= 11 is 11.9. The minimum Gasteiger partial charge on any atom is -0.497 e. The zero-order valence-corrected chi connectivity index (χ0v) is 11.5. The Morgan fingerprint density at radius 3 is 2.32 bits per heavy atom. The molecule has 0 N–H and O–H groups in total. The molecule has 19 heavy (non-hydrogen) atoms. The zero-order valence-electron chi connectivity index (χ0n) is 9.97. The molecule has 1 heterocycles. The number of aromatic nitrogens is 3. The van der Waals surface area contributed by atoms with Crippen LogP contribution in [-0.2, 0) is 0 Å². The SMILES string of the molecule is COc1ccc2nn(-c3cc(Cl)cc(Cl)c3)nc2c1. The number of fused-ring (bicyclic) bond motifs is 1. The van der Waals surface area contributed by atoms with E-state index in [-0.39, 0.29) is 0 Å². The van der Waals surface area contributed by atoms with Gasteiger partial charge in [0.2, 0.25) is 0 Å². The Labute approximate surface area is 119 Å². The Kier molecular flexibility index (Phi) is 3.05. The van der Waals surface area contributed by atoms with Crippen LogP contribution in [0.4, 0.5) is 0 Å². The van der Waals surface area contributed by atoms with Crippen LogP contribution in [0.1, 0.15) is 0 Å². The lowest BCUT2D eigenvalue weighted by molar-refractivity contribution is 0.415. The van der Waals surface area contributed by atoms with Gasteiger partial charge in [-0.2, -0.15) is 4.80 Å². The van der Waals surface area contributed by atoms with Gasteiger partial charge in [0.05, 0.1) is 12.8 Å². The Morgan fingerprint density at radius 1 is 0.947 bits per heavy atom. The molecule has 3 rings (SSSR count). The zero-order chi connectivity index (χ0) is 13.4. The van der Waals surface area contributed by atoms with Crippen LogP contribution < -0.4 is 4.74 Å². The maximum Gasteiger partial charge on any atom is 0.121 e. The van der Waals surface area contributed by atoms with Crippen LogP contribution in [0.2, 0.25) is 10.0 Å². The molecule has 0 saturated heterocycles. The first-order chi connectivity index (χ1) is 9.15. The molecule has 0 radical (unpaired) electrons. The lowest BCUT2D eigenvalue weighted by Crippen LogP contribution is -1.98. The molecule has 0 atom stereocenters. The van der Waals surface area contributed by atoms with Gasteiger partial charge in [0.1, 0.15) is 16.8 Å². The van der Waals surface area contributed by atoms with Crippen molar-refractivity contribution in [2.75, 3.05) is 7.11 Å². The quantitative estimate of drug-likeness (QED) is 0.723. The maximum absolute atomic E-state index is 5.97. The molecule has 0 aliphatic rings. The van der Waals surface area contributed by atoms with Gasteiger partial charge in [-0.3, -0.25) is 0 Å². The Balaban J connectivity index is 2.14. The van der Waals surface area contributed by atoms with Gasteiger partial charge in [0.15, 0.2) is 0 Å². The molecule has 0 bridgehead atoms. The topological polar surface area (TPSA) is 39.9 Å². The van der Waals surface area contributed by atoms with Crippen LogP contribution in [0.3, 0.4) is 0 Å². The second-order valence-electron chi connectivity index (χ2n) is 3.97. The van der Waals surface area contributed by atoms with E-state index in [4.69, 9.17) is 27.9 Å². The molecule has 0 spiro atoms. The lowest BCUT2D eigenvalue weighted by Gasteiger charge is -2.00. The molecular formula is C13H9Cl2N3O. The molecule has 0 unspecified atom stereocenters. The third-order valence-corrected chi connectivity index (χ3v) is 3.10. The van der Waals surface area contributed by atoms with Crippen LogP contribution in [-0.4, -0.2) is 22.1 Å². The van der Waals surface area contributed by atoms with Gasteiger partial charge in [0.25, 0.3) is 0 Å². The highest BCUT2D eigenvalue weighted by Crippen LogP contribution is 2.23. The highest BCUT2D eigenvalue weighted by atomic mass is 35.5. The number of ether oxygens (including phenoxy) is 1. The summed E-state index contributed by atoms with van der Waals surface area (Å²) in [5.41, 5.74) is 2.24. The fourth-order valence-corrected chi connectivity index (χ4v) is 2.31. The standard InChI is InChI=1S/C13H9Cl2N3O/c1-19-11-2-3-12-13(7-11)17-18(16-12)10-5-8(14)4-9(15)6-10/h2-7H,1H3. The van der Waals surface area contributed by atoms with E-state index in [1.54, 1.807) is 25.3 Å². The first kappa shape index (κ1) is 12.3. The molecule has 0 amide bonds. The third-order valence-electron chi connectivity index (χ3n) is 2.67. The van der Waals surface area contributed by atoms with Crippen molar-refractivity contribution in [1.29, 1.82) is 0 Å². The number of rotatable bonds is 2. The fraction of sp³-hybridized carbons (Fsp3) is 0.0769. The molecule has 2 aromatic carbocycles. The van der Waals surface area contributed by atoms with Crippen molar-refractivity contribution in [2.45, 2.75) is 0 Å². The van der Waals surface area contributed by atoms with E-state index in [9.17, 15) is 0 Å². The number of nitrogens with zero attached hydrogens (tertiary/aromatic N) is 3. The maximum atomic E-state index is 5.97. The van der Waals surface area contributed by atoms with Gasteiger partial charge in [0, 0.05) is 16.1 Å². The molecule has 4 nitrogen and oxygen atoms in total. The van der Waals surface area contributed by atoms with Crippen LogP contribution in [0.25, 0.3) is 16.7 Å². The Morgan fingerprint density at radius 2 is 1.63 bits per heavy atom. The highest BCUT2D eigenvalue weighted by molar-refractivity contribution is 6.34. The van der Waals surface area contributed by atoms with E-state index < -0.39 is 0 Å². The smallest absolute Gasteiger partial charge is 0.121 e. The molecular weight excluding hydrogens is 285 g/mol. The molecule has 96 valence electrons. The second kappa shape index (κ2) is 4.72. The summed E-state index contributed by atoms with van der Waals surface area (Å²) in [6.07, 6.45) is 0.